The predicted molar refractivity (Wildman–Crippen MR) is 106 cm³/mol. The lowest BCUT2D eigenvalue weighted by atomic mass is 10.1. The Morgan fingerprint density at radius 1 is 1.04 bits per heavy atom. The van der Waals surface area contributed by atoms with Gasteiger partial charge in [0.25, 0.3) is 11.2 Å². The number of pyridine rings is 1. The summed E-state index contributed by atoms with van der Waals surface area (Å²) in [5.74, 6) is 0. The topological polar surface area (TPSA) is 107 Å². The van der Waals surface area contributed by atoms with E-state index < -0.39 is 21.6 Å². The molecule has 0 bridgehead atoms. The van der Waals surface area contributed by atoms with Crippen LogP contribution in [0.3, 0.4) is 0 Å². The number of nitro benzene ring substituents is 1. The second kappa shape index (κ2) is 6.24. The molecule has 0 saturated carbocycles. The highest BCUT2D eigenvalue weighted by molar-refractivity contribution is 6.03. The van der Waals surface area contributed by atoms with Crippen LogP contribution in [0.2, 0.25) is 0 Å². The van der Waals surface area contributed by atoms with Crippen LogP contribution < -0.4 is 16.7 Å². The molecule has 0 aliphatic carbocycles. The van der Waals surface area contributed by atoms with Crippen LogP contribution in [0.25, 0.3) is 27.2 Å². The molecule has 4 rings (SSSR count). The molecule has 2 aromatic carbocycles. The molecular formula is C19H16N4O5. The number of rotatable bonds is 4. The van der Waals surface area contributed by atoms with E-state index in [2.05, 4.69) is 0 Å². The molecule has 2 heterocycles. The average Bonchev–Trinajstić information content (AvgIpc) is 2.66. The number of hydrogen-bond acceptors (Lipinski definition) is 6. The van der Waals surface area contributed by atoms with Crippen molar-refractivity contribution >= 4 is 32.9 Å². The molecule has 0 spiro atoms. The molecule has 2 aromatic heterocycles. The molecular weight excluding hydrogens is 364 g/mol. The van der Waals surface area contributed by atoms with Crippen LogP contribution in [0.15, 0.2) is 50.8 Å². The van der Waals surface area contributed by atoms with Gasteiger partial charge in [0.05, 0.1) is 26.7 Å². The summed E-state index contributed by atoms with van der Waals surface area (Å²) < 4.78 is 2.37. The Kier molecular flexibility index (Phi) is 3.97. The Morgan fingerprint density at radius 3 is 2.39 bits per heavy atom. The van der Waals surface area contributed by atoms with Gasteiger partial charge in [-0.3, -0.25) is 28.7 Å². The minimum absolute atomic E-state index is 0.0168. The number of nitro groups is 1. The molecule has 0 N–H and O–H groups in total. The van der Waals surface area contributed by atoms with E-state index in [1.165, 1.54) is 4.40 Å². The van der Waals surface area contributed by atoms with Crippen LogP contribution >= 0.6 is 0 Å². The zero-order chi connectivity index (χ0) is 20.2. The highest BCUT2D eigenvalue weighted by Crippen LogP contribution is 2.25. The molecule has 0 fully saturated rings. The van der Waals surface area contributed by atoms with Gasteiger partial charge in [-0.05, 0) is 26.2 Å². The van der Waals surface area contributed by atoms with Crippen molar-refractivity contribution in [3.63, 3.8) is 0 Å². The smallest absolute Gasteiger partial charge is 0.308 e. The first-order valence-electron chi connectivity index (χ1n) is 8.58. The number of likely N-dealkylation sites (N-methyl/N-ethyl adjacent to an activating group) is 1. The quantitative estimate of drug-likeness (QED) is 0.227. The highest BCUT2D eigenvalue weighted by atomic mass is 16.6. The lowest BCUT2D eigenvalue weighted by molar-refractivity contribution is -0.384. The first kappa shape index (κ1) is 17.8. The SMILES string of the molecule is CN(C)CCn1c(=O)c2cc([N+](=O)[O-])cc3c(=O)c4ccccc4n(c1=O)c32. The van der Waals surface area contributed by atoms with Crippen molar-refractivity contribution in [1.82, 2.24) is 13.9 Å². The van der Waals surface area contributed by atoms with Gasteiger partial charge in [-0.2, -0.15) is 0 Å². The summed E-state index contributed by atoms with van der Waals surface area (Å²) in [6.45, 7) is 0.553. The molecule has 0 aliphatic rings. The largest absolute Gasteiger partial charge is 0.336 e. The van der Waals surface area contributed by atoms with Crippen LogP contribution in [0, 0.1) is 10.1 Å². The van der Waals surface area contributed by atoms with Crippen LogP contribution in [0.5, 0.6) is 0 Å². The summed E-state index contributed by atoms with van der Waals surface area (Å²) in [6.07, 6.45) is 0. The fraction of sp³-hybridized carbons (Fsp3) is 0.211. The average molecular weight is 380 g/mol. The van der Waals surface area contributed by atoms with Gasteiger partial charge in [-0.15, -0.1) is 0 Å². The van der Waals surface area contributed by atoms with Gasteiger partial charge < -0.3 is 4.90 Å². The second-order valence-electron chi connectivity index (χ2n) is 6.87. The summed E-state index contributed by atoms with van der Waals surface area (Å²) >= 11 is 0. The molecule has 0 saturated heterocycles. The number of benzene rings is 2. The van der Waals surface area contributed by atoms with E-state index in [1.807, 2.05) is 19.0 Å². The van der Waals surface area contributed by atoms with E-state index in [1.54, 1.807) is 24.3 Å². The lowest BCUT2D eigenvalue weighted by Gasteiger charge is -2.15. The van der Waals surface area contributed by atoms with Crippen LogP contribution in [0.1, 0.15) is 0 Å². The van der Waals surface area contributed by atoms with E-state index in [0.717, 1.165) is 16.7 Å². The van der Waals surface area contributed by atoms with Gasteiger partial charge >= 0.3 is 5.69 Å². The lowest BCUT2D eigenvalue weighted by Crippen LogP contribution is -2.40. The Morgan fingerprint density at radius 2 is 1.71 bits per heavy atom. The molecule has 0 aliphatic heterocycles. The molecule has 9 nitrogen and oxygen atoms in total. The molecule has 0 atom stereocenters. The summed E-state index contributed by atoms with van der Waals surface area (Å²) in [7, 11) is 3.62. The number of non-ortho nitro benzene ring substituents is 1. The van der Waals surface area contributed by atoms with Crippen molar-refractivity contribution in [2.24, 2.45) is 0 Å². The molecule has 0 unspecified atom stereocenters. The Balaban J connectivity index is 2.32. The number of para-hydroxylation sites is 1. The van der Waals surface area contributed by atoms with Crippen molar-refractivity contribution in [2.75, 3.05) is 20.6 Å². The van der Waals surface area contributed by atoms with E-state index in [4.69, 9.17) is 0 Å². The molecule has 142 valence electrons. The van der Waals surface area contributed by atoms with E-state index >= 15 is 0 Å². The summed E-state index contributed by atoms with van der Waals surface area (Å²) in [4.78, 5) is 51.6. The fourth-order valence-corrected chi connectivity index (χ4v) is 3.48. The summed E-state index contributed by atoms with van der Waals surface area (Å²) in [6, 6.07) is 8.79. The molecule has 0 amide bonds. The first-order valence-corrected chi connectivity index (χ1v) is 8.58. The fourth-order valence-electron chi connectivity index (χ4n) is 3.48. The van der Waals surface area contributed by atoms with Gasteiger partial charge in [-0.1, -0.05) is 12.1 Å². The van der Waals surface area contributed by atoms with Gasteiger partial charge in [0, 0.05) is 30.6 Å². The predicted octanol–water partition coefficient (Wildman–Crippen LogP) is 1.04. The molecule has 4 aromatic rings. The number of nitrogens with zero attached hydrogens (tertiary/aromatic N) is 4. The maximum atomic E-state index is 13.2. The van der Waals surface area contributed by atoms with Crippen molar-refractivity contribution in [1.29, 1.82) is 0 Å². The van der Waals surface area contributed by atoms with Gasteiger partial charge in [0.1, 0.15) is 0 Å². The number of fused-ring (bicyclic) bond motifs is 2. The summed E-state index contributed by atoms with van der Waals surface area (Å²) in [5.41, 5.74) is -1.55. The Hall–Kier alpha value is -3.59. The maximum Gasteiger partial charge on any atom is 0.336 e. The minimum Gasteiger partial charge on any atom is -0.308 e. The van der Waals surface area contributed by atoms with Crippen LogP contribution in [-0.2, 0) is 6.54 Å². The van der Waals surface area contributed by atoms with E-state index in [-0.39, 0.29) is 33.9 Å². The highest BCUT2D eigenvalue weighted by Gasteiger charge is 2.22. The number of aromatic nitrogens is 2. The molecule has 9 heteroatoms. The molecule has 28 heavy (non-hydrogen) atoms. The standard InChI is InChI=1S/C19H16N4O5/c1-20(2)7-8-21-18(25)14-10-11(23(27)28)9-13-16(14)22(19(21)26)15-6-4-3-5-12(15)17(13)24/h3-6,9-10H,7-8H2,1-2H3. The van der Waals surface area contributed by atoms with Crippen molar-refractivity contribution < 1.29 is 4.92 Å². The third-order valence-electron chi connectivity index (χ3n) is 4.83. The Labute approximate surface area is 157 Å². The monoisotopic (exact) mass is 380 g/mol. The van der Waals surface area contributed by atoms with Crippen molar-refractivity contribution in [2.45, 2.75) is 6.54 Å². The van der Waals surface area contributed by atoms with Gasteiger partial charge in [-0.25, -0.2) is 4.79 Å². The zero-order valence-corrected chi connectivity index (χ0v) is 15.2. The first-order chi connectivity index (χ1) is 13.3. The third-order valence-corrected chi connectivity index (χ3v) is 4.83. The van der Waals surface area contributed by atoms with Crippen molar-refractivity contribution in [3.05, 3.63) is 77.6 Å². The zero-order valence-electron chi connectivity index (χ0n) is 15.2. The van der Waals surface area contributed by atoms with Crippen molar-refractivity contribution in [3.8, 4) is 0 Å². The maximum absolute atomic E-state index is 13.2. The third kappa shape index (κ3) is 2.48. The summed E-state index contributed by atoms with van der Waals surface area (Å²) in [5, 5.41) is 11.6. The Bertz CT molecular complexity index is 1430. The van der Waals surface area contributed by atoms with Gasteiger partial charge in [0.2, 0.25) is 0 Å². The van der Waals surface area contributed by atoms with Crippen LogP contribution in [0.4, 0.5) is 5.69 Å². The number of hydrogen-bond donors (Lipinski definition) is 0. The second-order valence-corrected chi connectivity index (χ2v) is 6.87. The van der Waals surface area contributed by atoms with E-state index in [0.29, 0.717) is 12.1 Å². The van der Waals surface area contributed by atoms with Crippen LogP contribution in [-0.4, -0.2) is 39.4 Å². The van der Waals surface area contributed by atoms with Gasteiger partial charge in [0.15, 0.2) is 5.43 Å². The molecule has 0 radical (unpaired) electrons. The normalized spacial score (nSPS) is 11.8. The minimum atomic E-state index is -0.650. The van der Waals surface area contributed by atoms with E-state index in [9.17, 15) is 24.5 Å².